The van der Waals surface area contributed by atoms with E-state index in [4.69, 9.17) is 18.9 Å². The number of hydrogen-bond donors (Lipinski definition) is 8. The molecule has 2 heterocycles. The molecule has 1 aromatic rings. The Hall–Kier alpha value is -1.42. The maximum absolute atomic E-state index is 10.2. The van der Waals surface area contributed by atoms with E-state index in [0.717, 1.165) is 0 Å². The molecule has 2 aliphatic rings. The Labute approximate surface area is 177 Å². The number of hydrogen-bond acceptors (Lipinski definition) is 12. The Morgan fingerprint density at radius 2 is 1.29 bits per heavy atom. The van der Waals surface area contributed by atoms with Crippen molar-refractivity contribution >= 4 is 0 Å². The van der Waals surface area contributed by atoms with Crippen LogP contribution in [0.3, 0.4) is 0 Å². The lowest BCUT2D eigenvalue weighted by Crippen LogP contribution is -2.62. The van der Waals surface area contributed by atoms with E-state index in [1.54, 1.807) is 18.2 Å². The van der Waals surface area contributed by atoms with E-state index >= 15 is 0 Å². The number of para-hydroxylation sites is 1. The summed E-state index contributed by atoms with van der Waals surface area (Å²) in [6, 6.07) is 6.43. The van der Waals surface area contributed by atoms with E-state index in [1.807, 2.05) is 0 Å². The van der Waals surface area contributed by atoms with Gasteiger partial charge in [-0.25, -0.2) is 0 Å². The van der Waals surface area contributed by atoms with Gasteiger partial charge in [0.15, 0.2) is 6.29 Å². The van der Waals surface area contributed by atoms with Crippen LogP contribution in [-0.4, -0.2) is 115 Å². The van der Waals surface area contributed by atoms with E-state index in [2.05, 4.69) is 0 Å². The molecule has 0 amide bonds. The topological polar surface area (TPSA) is 199 Å². The van der Waals surface area contributed by atoms with Gasteiger partial charge >= 0.3 is 0 Å². The van der Waals surface area contributed by atoms with Gasteiger partial charge in [0.1, 0.15) is 54.6 Å². The van der Waals surface area contributed by atoms with Gasteiger partial charge in [-0.3, -0.25) is 0 Å². The van der Waals surface area contributed by atoms with Crippen LogP contribution in [0.4, 0.5) is 0 Å². The Morgan fingerprint density at radius 3 is 1.94 bits per heavy atom. The maximum Gasteiger partial charge on any atom is 0.229 e. The van der Waals surface area contributed by atoms with Crippen LogP contribution in [0.25, 0.3) is 0 Å². The van der Waals surface area contributed by atoms with Crippen molar-refractivity contribution in [1.29, 1.82) is 0 Å². The zero-order chi connectivity index (χ0) is 22.7. The molecular formula is C19H28O12. The van der Waals surface area contributed by atoms with Gasteiger partial charge in [0.25, 0.3) is 0 Å². The molecular weight excluding hydrogens is 420 g/mol. The summed E-state index contributed by atoms with van der Waals surface area (Å²) >= 11 is 0. The Morgan fingerprint density at radius 1 is 0.710 bits per heavy atom. The van der Waals surface area contributed by atoms with Crippen LogP contribution in [0.2, 0.25) is 0 Å². The molecule has 2 saturated heterocycles. The van der Waals surface area contributed by atoms with Crippen LogP contribution in [0, 0.1) is 0 Å². The van der Waals surface area contributed by atoms with E-state index < -0.39 is 74.6 Å². The standard InChI is InChI=1S/C19H28O12/c20-5-8-3-1-2-4-9(8)29-19-17(27)15(25)13(23)11(31-19)7-28-18-16(26)14(24)12(22)10(6-21)30-18/h1-4,10-27H,5-7H2/t10-,11-,12-,13-,14+,15+,16-,17-,18+,19+/m1/s1. The molecule has 0 aliphatic carbocycles. The third-order valence-corrected chi connectivity index (χ3v) is 5.33. The second kappa shape index (κ2) is 10.5. The molecule has 0 saturated carbocycles. The first-order valence-electron chi connectivity index (χ1n) is 9.75. The van der Waals surface area contributed by atoms with E-state index in [1.165, 1.54) is 6.07 Å². The van der Waals surface area contributed by atoms with E-state index in [0.29, 0.717) is 5.56 Å². The molecule has 3 rings (SSSR count). The van der Waals surface area contributed by atoms with E-state index in [9.17, 15) is 40.9 Å². The summed E-state index contributed by atoms with van der Waals surface area (Å²) < 4.78 is 21.7. The number of rotatable bonds is 7. The SMILES string of the molecule is OCc1ccccc1O[C@H]1O[C@H](CO[C@H]2O[C@H](CO)[C@@H](O)[C@H](O)[C@H]2O)[C@@H](O)[C@H](O)[C@H]1O. The molecule has 0 spiro atoms. The number of ether oxygens (including phenoxy) is 4. The van der Waals surface area contributed by atoms with Crippen LogP contribution >= 0.6 is 0 Å². The minimum absolute atomic E-state index is 0.200. The lowest BCUT2D eigenvalue weighted by Gasteiger charge is -2.42. The van der Waals surface area contributed by atoms with Gasteiger partial charge in [0.2, 0.25) is 6.29 Å². The average Bonchev–Trinajstić information content (AvgIpc) is 2.78. The van der Waals surface area contributed by atoms with Gasteiger partial charge in [-0.05, 0) is 6.07 Å². The number of aliphatic hydroxyl groups excluding tert-OH is 8. The van der Waals surface area contributed by atoms with Gasteiger partial charge in [-0.15, -0.1) is 0 Å². The van der Waals surface area contributed by atoms with Gasteiger partial charge in [0, 0.05) is 5.56 Å². The fraction of sp³-hybridized carbons (Fsp3) is 0.684. The number of benzene rings is 1. The minimum Gasteiger partial charge on any atom is -0.462 e. The average molecular weight is 448 g/mol. The molecule has 12 heteroatoms. The summed E-state index contributed by atoms with van der Waals surface area (Å²) in [5, 5.41) is 78.9. The molecule has 10 atom stereocenters. The predicted octanol–water partition coefficient (Wildman–Crippen LogP) is -3.82. The summed E-state index contributed by atoms with van der Waals surface area (Å²) in [6.45, 7) is -1.44. The normalized spacial score (nSPS) is 41.2. The molecule has 2 aliphatic heterocycles. The fourth-order valence-corrected chi connectivity index (χ4v) is 3.42. The van der Waals surface area contributed by atoms with Gasteiger partial charge in [0.05, 0.1) is 19.8 Å². The Bertz CT molecular complexity index is 702. The van der Waals surface area contributed by atoms with Crippen LogP contribution in [0.1, 0.15) is 5.56 Å². The van der Waals surface area contributed by atoms with Crippen molar-refractivity contribution in [1.82, 2.24) is 0 Å². The first kappa shape index (κ1) is 24.2. The summed E-state index contributed by atoms with van der Waals surface area (Å²) in [4.78, 5) is 0. The molecule has 176 valence electrons. The fourth-order valence-electron chi connectivity index (χ4n) is 3.42. The molecule has 2 fully saturated rings. The molecule has 12 nitrogen and oxygen atoms in total. The summed E-state index contributed by atoms with van der Waals surface area (Å²) in [5.41, 5.74) is 0.410. The molecule has 0 bridgehead atoms. The first-order valence-corrected chi connectivity index (χ1v) is 9.75. The largest absolute Gasteiger partial charge is 0.462 e. The van der Waals surface area contributed by atoms with Crippen LogP contribution < -0.4 is 4.74 Å². The van der Waals surface area contributed by atoms with Crippen molar-refractivity contribution in [2.24, 2.45) is 0 Å². The maximum atomic E-state index is 10.2. The highest BCUT2D eigenvalue weighted by atomic mass is 16.7. The molecule has 0 aromatic heterocycles. The molecule has 31 heavy (non-hydrogen) atoms. The molecule has 1 aromatic carbocycles. The lowest BCUT2D eigenvalue weighted by molar-refractivity contribution is -0.323. The predicted molar refractivity (Wildman–Crippen MR) is 99.4 cm³/mol. The second-order valence-corrected chi connectivity index (χ2v) is 7.43. The zero-order valence-corrected chi connectivity index (χ0v) is 16.4. The van der Waals surface area contributed by atoms with Crippen molar-refractivity contribution in [3.8, 4) is 5.75 Å². The van der Waals surface area contributed by atoms with Crippen molar-refractivity contribution in [3.63, 3.8) is 0 Å². The smallest absolute Gasteiger partial charge is 0.229 e. The third kappa shape index (κ3) is 5.16. The van der Waals surface area contributed by atoms with Crippen molar-refractivity contribution in [3.05, 3.63) is 29.8 Å². The minimum atomic E-state index is -1.66. The highest BCUT2D eigenvalue weighted by Gasteiger charge is 2.47. The quantitative estimate of drug-likeness (QED) is 0.203. The third-order valence-electron chi connectivity index (χ3n) is 5.33. The molecule has 0 unspecified atom stereocenters. The van der Waals surface area contributed by atoms with Crippen LogP contribution in [0.5, 0.6) is 5.75 Å². The van der Waals surface area contributed by atoms with Gasteiger partial charge in [-0.2, -0.15) is 0 Å². The lowest BCUT2D eigenvalue weighted by atomic mass is 9.98. The van der Waals surface area contributed by atoms with Crippen molar-refractivity contribution in [2.45, 2.75) is 68.0 Å². The summed E-state index contributed by atoms with van der Waals surface area (Å²) in [7, 11) is 0. The highest BCUT2D eigenvalue weighted by molar-refractivity contribution is 5.32. The molecule has 0 radical (unpaired) electrons. The van der Waals surface area contributed by atoms with Crippen molar-refractivity contribution in [2.75, 3.05) is 13.2 Å². The summed E-state index contributed by atoms with van der Waals surface area (Å²) in [6.07, 6.45) is -15.0. The van der Waals surface area contributed by atoms with Crippen LogP contribution in [0.15, 0.2) is 24.3 Å². The monoisotopic (exact) mass is 448 g/mol. The first-order chi connectivity index (χ1) is 14.8. The van der Waals surface area contributed by atoms with Crippen LogP contribution in [-0.2, 0) is 20.8 Å². The van der Waals surface area contributed by atoms with Gasteiger partial charge in [-0.1, -0.05) is 18.2 Å². The Kier molecular flexibility index (Phi) is 8.18. The van der Waals surface area contributed by atoms with Gasteiger partial charge < -0.3 is 59.8 Å². The summed E-state index contributed by atoms with van der Waals surface area (Å²) in [5.74, 6) is 0.200. The van der Waals surface area contributed by atoms with Crippen molar-refractivity contribution < 1.29 is 59.8 Å². The van der Waals surface area contributed by atoms with E-state index in [-0.39, 0.29) is 12.4 Å². The second-order valence-electron chi connectivity index (χ2n) is 7.43. The Balaban J connectivity index is 1.66. The number of aliphatic hydroxyl groups is 8. The zero-order valence-electron chi connectivity index (χ0n) is 16.4. The highest BCUT2D eigenvalue weighted by Crippen LogP contribution is 2.28. The molecule has 8 N–H and O–H groups in total.